The Labute approximate surface area is 110 Å². The molecular formula is C13H22N2O2S. The summed E-state index contributed by atoms with van der Waals surface area (Å²) in [6, 6.07) is 6.98. The Morgan fingerprint density at radius 1 is 1.22 bits per heavy atom. The van der Waals surface area contributed by atoms with Crippen LogP contribution in [0.15, 0.2) is 29.2 Å². The van der Waals surface area contributed by atoms with Crippen molar-refractivity contribution in [2.75, 3.05) is 13.6 Å². The fraction of sp³-hybridized carbons (Fsp3) is 0.538. The van der Waals surface area contributed by atoms with Gasteiger partial charge in [-0.3, -0.25) is 0 Å². The normalized spacial score (nSPS) is 12.7. The molecule has 0 unspecified atom stereocenters. The topological polar surface area (TPSA) is 58.2 Å². The lowest BCUT2D eigenvalue weighted by atomic mass is 9.98. The van der Waals surface area contributed by atoms with Crippen LogP contribution in [0, 0.1) is 5.41 Å². The van der Waals surface area contributed by atoms with Gasteiger partial charge in [0.15, 0.2) is 0 Å². The van der Waals surface area contributed by atoms with Gasteiger partial charge in [-0.1, -0.05) is 32.9 Å². The van der Waals surface area contributed by atoms with Crippen molar-refractivity contribution in [1.82, 2.24) is 10.0 Å². The Hall–Kier alpha value is -0.910. The van der Waals surface area contributed by atoms with E-state index in [2.05, 4.69) is 10.0 Å². The van der Waals surface area contributed by atoms with E-state index in [0.717, 1.165) is 5.56 Å². The van der Waals surface area contributed by atoms with Gasteiger partial charge in [-0.2, -0.15) is 0 Å². The molecule has 1 aromatic rings. The number of hydrogen-bond donors (Lipinski definition) is 2. The van der Waals surface area contributed by atoms with Crippen LogP contribution in [0.5, 0.6) is 0 Å². The zero-order chi connectivity index (χ0) is 13.8. The monoisotopic (exact) mass is 270 g/mol. The fourth-order valence-corrected chi connectivity index (χ4v) is 2.78. The zero-order valence-electron chi connectivity index (χ0n) is 11.4. The van der Waals surface area contributed by atoms with E-state index >= 15 is 0 Å². The van der Waals surface area contributed by atoms with Crippen molar-refractivity contribution < 1.29 is 8.42 Å². The Kier molecular flexibility index (Phi) is 4.90. The van der Waals surface area contributed by atoms with E-state index in [4.69, 9.17) is 0 Å². The maximum atomic E-state index is 12.1. The molecule has 2 N–H and O–H groups in total. The molecule has 0 aromatic heterocycles. The summed E-state index contributed by atoms with van der Waals surface area (Å²) in [5.41, 5.74) is 0.881. The predicted octanol–water partition coefficient (Wildman–Crippen LogP) is 1.73. The SMILES string of the molecule is CNCc1cccc(S(=O)(=O)NCC(C)(C)C)c1. The Balaban J connectivity index is 2.88. The van der Waals surface area contributed by atoms with Crippen molar-refractivity contribution in [1.29, 1.82) is 0 Å². The Morgan fingerprint density at radius 3 is 2.44 bits per heavy atom. The zero-order valence-corrected chi connectivity index (χ0v) is 12.3. The smallest absolute Gasteiger partial charge is 0.240 e. The molecule has 0 saturated carbocycles. The molecule has 1 aromatic carbocycles. The molecule has 4 nitrogen and oxygen atoms in total. The lowest BCUT2D eigenvalue weighted by Gasteiger charge is -2.18. The van der Waals surface area contributed by atoms with E-state index in [1.165, 1.54) is 0 Å². The molecular weight excluding hydrogens is 248 g/mol. The van der Waals surface area contributed by atoms with Gasteiger partial charge in [0.25, 0.3) is 0 Å². The summed E-state index contributed by atoms with van der Waals surface area (Å²) in [6.07, 6.45) is 0. The third-order valence-corrected chi connectivity index (χ3v) is 3.78. The van der Waals surface area contributed by atoms with Gasteiger partial charge in [-0.25, -0.2) is 13.1 Å². The number of rotatable bonds is 5. The largest absolute Gasteiger partial charge is 0.316 e. The first kappa shape index (κ1) is 15.1. The van der Waals surface area contributed by atoms with Crippen LogP contribution in [-0.4, -0.2) is 22.0 Å². The molecule has 0 bridgehead atoms. The minimum atomic E-state index is -3.41. The number of sulfonamides is 1. The first-order chi connectivity index (χ1) is 8.24. The molecule has 0 aliphatic rings. The third kappa shape index (κ3) is 4.76. The van der Waals surface area contributed by atoms with Gasteiger partial charge in [0.2, 0.25) is 10.0 Å². The van der Waals surface area contributed by atoms with Crippen LogP contribution < -0.4 is 10.0 Å². The summed E-state index contributed by atoms with van der Waals surface area (Å²) in [6.45, 7) is 7.06. The molecule has 0 saturated heterocycles. The van der Waals surface area contributed by atoms with E-state index in [1.54, 1.807) is 18.2 Å². The maximum Gasteiger partial charge on any atom is 0.240 e. The fourth-order valence-electron chi connectivity index (χ4n) is 1.42. The molecule has 0 heterocycles. The van der Waals surface area contributed by atoms with E-state index in [1.807, 2.05) is 33.9 Å². The molecule has 5 heteroatoms. The van der Waals surface area contributed by atoms with Crippen LogP contribution >= 0.6 is 0 Å². The van der Waals surface area contributed by atoms with E-state index in [-0.39, 0.29) is 5.41 Å². The van der Waals surface area contributed by atoms with Gasteiger partial charge in [0.05, 0.1) is 4.90 Å². The minimum Gasteiger partial charge on any atom is -0.316 e. The quantitative estimate of drug-likeness (QED) is 0.856. The summed E-state index contributed by atoms with van der Waals surface area (Å²) < 4.78 is 26.8. The van der Waals surface area contributed by atoms with Crippen LogP contribution in [0.4, 0.5) is 0 Å². The molecule has 0 spiro atoms. The Morgan fingerprint density at radius 2 is 1.89 bits per heavy atom. The Bertz CT molecular complexity index is 490. The van der Waals surface area contributed by atoms with E-state index in [9.17, 15) is 8.42 Å². The van der Waals surface area contributed by atoms with Crippen molar-refractivity contribution in [3.05, 3.63) is 29.8 Å². The summed E-state index contributed by atoms with van der Waals surface area (Å²) in [5.74, 6) is 0. The predicted molar refractivity (Wildman–Crippen MR) is 73.8 cm³/mol. The summed E-state index contributed by atoms with van der Waals surface area (Å²) >= 11 is 0. The minimum absolute atomic E-state index is 0.0738. The van der Waals surface area contributed by atoms with E-state index in [0.29, 0.717) is 18.0 Å². The maximum absolute atomic E-state index is 12.1. The molecule has 102 valence electrons. The number of nitrogens with one attached hydrogen (secondary N) is 2. The molecule has 0 aliphatic heterocycles. The number of hydrogen-bond acceptors (Lipinski definition) is 3. The average molecular weight is 270 g/mol. The molecule has 0 amide bonds. The highest BCUT2D eigenvalue weighted by Crippen LogP contribution is 2.15. The average Bonchev–Trinajstić information content (AvgIpc) is 2.27. The highest BCUT2D eigenvalue weighted by Gasteiger charge is 2.18. The van der Waals surface area contributed by atoms with Gasteiger partial charge in [-0.15, -0.1) is 0 Å². The molecule has 0 aliphatic carbocycles. The van der Waals surface area contributed by atoms with Crippen molar-refractivity contribution in [3.63, 3.8) is 0 Å². The summed E-state index contributed by atoms with van der Waals surface area (Å²) in [5, 5.41) is 3.00. The second kappa shape index (κ2) is 5.82. The van der Waals surface area contributed by atoms with Gasteiger partial charge < -0.3 is 5.32 Å². The highest BCUT2D eigenvalue weighted by atomic mass is 32.2. The standard InChI is InChI=1S/C13H22N2O2S/c1-13(2,3)10-15-18(16,17)12-7-5-6-11(8-12)9-14-4/h5-8,14-15H,9-10H2,1-4H3. The lowest BCUT2D eigenvalue weighted by Crippen LogP contribution is -2.32. The number of benzene rings is 1. The van der Waals surface area contributed by atoms with Crippen LogP contribution in [0.2, 0.25) is 0 Å². The van der Waals surface area contributed by atoms with Crippen molar-refractivity contribution >= 4 is 10.0 Å². The highest BCUT2D eigenvalue weighted by molar-refractivity contribution is 7.89. The first-order valence-corrected chi connectivity index (χ1v) is 7.46. The third-order valence-electron chi connectivity index (χ3n) is 2.38. The van der Waals surface area contributed by atoms with Crippen LogP contribution in [0.1, 0.15) is 26.3 Å². The van der Waals surface area contributed by atoms with Crippen molar-refractivity contribution in [3.8, 4) is 0 Å². The van der Waals surface area contributed by atoms with Gasteiger partial charge in [0.1, 0.15) is 0 Å². The van der Waals surface area contributed by atoms with Crippen molar-refractivity contribution in [2.24, 2.45) is 5.41 Å². The van der Waals surface area contributed by atoms with Crippen LogP contribution in [0.3, 0.4) is 0 Å². The second-order valence-electron chi connectivity index (χ2n) is 5.56. The van der Waals surface area contributed by atoms with Crippen LogP contribution in [0.25, 0.3) is 0 Å². The summed E-state index contributed by atoms with van der Waals surface area (Å²) in [7, 11) is -1.58. The lowest BCUT2D eigenvalue weighted by molar-refractivity contribution is 0.407. The van der Waals surface area contributed by atoms with Gasteiger partial charge in [0, 0.05) is 13.1 Å². The van der Waals surface area contributed by atoms with Crippen molar-refractivity contribution in [2.45, 2.75) is 32.2 Å². The van der Waals surface area contributed by atoms with E-state index < -0.39 is 10.0 Å². The van der Waals surface area contributed by atoms with Crippen LogP contribution in [-0.2, 0) is 16.6 Å². The molecule has 18 heavy (non-hydrogen) atoms. The molecule has 0 radical (unpaired) electrons. The molecule has 0 atom stereocenters. The van der Waals surface area contributed by atoms with Gasteiger partial charge >= 0.3 is 0 Å². The summed E-state index contributed by atoms with van der Waals surface area (Å²) in [4.78, 5) is 0.319. The molecule has 0 fully saturated rings. The second-order valence-corrected chi connectivity index (χ2v) is 7.33. The molecule has 1 rings (SSSR count). The van der Waals surface area contributed by atoms with Gasteiger partial charge in [-0.05, 0) is 30.2 Å². The first-order valence-electron chi connectivity index (χ1n) is 5.98.